The number of alkyl halides is 3. The van der Waals surface area contributed by atoms with Crippen molar-refractivity contribution in [3.63, 3.8) is 0 Å². The molecule has 0 spiro atoms. The zero-order valence-corrected chi connectivity index (χ0v) is 16.4. The number of hydrogen-bond acceptors (Lipinski definition) is 5. The molecule has 3 rings (SSSR count). The number of nitrogens with two attached hydrogens (primary N) is 1. The predicted octanol–water partition coefficient (Wildman–Crippen LogP) is 2.73. The minimum Gasteiger partial charge on any atom is -0.382 e. The van der Waals surface area contributed by atoms with E-state index in [2.05, 4.69) is 15.4 Å². The van der Waals surface area contributed by atoms with E-state index in [0.29, 0.717) is 16.5 Å². The fraction of sp³-hybridized carbons (Fsp3) is 0.263. The molecule has 3 N–H and O–H groups in total. The van der Waals surface area contributed by atoms with Gasteiger partial charge in [0.2, 0.25) is 0 Å². The van der Waals surface area contributed by atoms with Crippen molar-refractivity contribution in [3.8, 4) is 0 Å². The first-order valence-electron chi connectivity index (χ1n) is 8.82. The summed E-state index contributed by atoms with van der Waals surface area (Å²) in [4.78, 5) is 30.2. The largest absolute Gasteiger partial charge is 0.416 e. The standard InChI is InChI=1S/C19H19F3N6O2/c1-10(11-4-6-12(7-5-11)19(20,21)22)27(2)18(30)17(29)26-14-9-24-16(23)15-13(14)8-25-28(15)3/h4-10H,1-3H3,(H2,23,24)(H,26,29)/t10-/m0/s1. The molecule has 1 aromatic carbocycles. The highest BCUT2D eigenvalue weighted by atomic mass is 19.4. The molecule has 0 aliphatic carbocycles. The first kappa shape index (κ1) is 21.1. The lowest BCUT2D eigenvalue weighted by molar-refractivity contribution is -0.143. The van der Waals surface area contributed by atoms with Crippen LogP contribution in [0.3, 0.4) is 0 Å². The number of benzene rings is 1. The Hall–Kier alpha value is -3.63. The summed E-state index contributed by atoms with van der Waals surface area (Å²) in [6.07, 6.45) is -1.64. The fourth-order valence-electron chi connectivity index (χ4n) is 2.99. The normalized spacial score (nSPS) is 12.6. The highest BCUT2D eigenvalue weighted by molar-refractivity contribution is 6.40. The smallest absolute Gasteiger partial charge is 0.382 e. The highest BCUT2D eigenvalue weighted by Crippen LogP contribution is 2.31. The predicted molar refractivity (Wildman–Crippen MR) is 104 cm³/mol. The molecule has 1 atom stereocenters. The van der Waals surface area contributed by atoms with Gasteiger partial charge in [0.05, 0.1) is 29.7 Å². The van der Waals surface area contributed by atoms with Crippen molar-refractivity contribution < 1.29 is 22.8 Å². The number of amides is 2. The molecule has 2 aromatic heterocycles. The summed E-state index contributed by atoms with van der Waals surface area (Å²) in [6, 6.07) is 3.79. The molecule has 2 amide bonds. The van der Waals surface area contributed by atoms with Crippen molar-refractivity contribution in [1.82, 2.24) is 19.7 Å². The van der Waals surface area contributed by atoms with Crippen molar-refractivity contribution in [2.75, 3.05) is 18.1 Å². The summed E-state index contributed by atoms with van der Waals surface area (Å²) in [5, 5.41) is 7.08. The number of likely N-dealkylation sites (N-methyl/N-ethyl adjacent to an activating group) is 1. The Kier molecular flexibility index (Phi) is 5.38. The molecule has 0 aliphatic rings. The minimum atomic E-state index is -4.45. The number of aromatic nitrogens is 3. The third-order valence-electron chi connectivity index (χ3n) is 4.87. The Morgan fingerprint density at radius 3 is 2.43 bits per heavy atom. The zero-order valence-electron chi connectivity index (χ0n) is 16.4. The van der Waals surface area contributed by atoms with Gasteiger partial charge >= 0.3 is 18.0 Å². The summed E-state index contributed by atoms with van der Waals surface area (Å²) < 4.78 is 39.7. The van der Waals surface area contributed by atoms with Gasteiger partial charge in [-0.25, -0.2) is 4.98 Å². The summed E-state index contributed by atoms with van der Waals surface area (Å²) in [6.45, 7) is 1.61. The first-order chi connectivity index (χ1) is 14.0. The number of aryl methyl sites for hydroxylation is 1. The van der Waals surface area contributed by atoms with Crippen LogP contribution in [0, 0.1) is 0 Å². The molecule has 0 aliphatic heterocycles. The number of nitrogens with zero attached hydrogens (tertiary/aromatic N) is 4. The van der Waals surface area contributed by atoms with Crippen molar-refractivity contribution in [2.45, 2.75) is 19.1 Å². The first-order valence-corrected chi connectivity index (χ1v) is 8.82. The van der Waals surface area contributed by atoms with Gasteiger partial charge in [-0.2, -0.15) is 18.3 Å². The SMILES string of the molecule is C[C@@H](c1ccc(C(F)(F)F)cc1)N(C)C(=O)C(=O)Nc1cnc(N)c2c1cnn2C. The maximum atomic E-state index is 12.7. The van der Waals surface area contributed by atoms with Crippen LogP contribution >= 0.6 is 0 Å². The zero-order chi connectivity index (χ0) is 22.2. The molecule has 0 fully saturated rings. The van der Waals surface area contributed by atoms with Crippen LogP contribution in [0.5, 0.6) is 0 Å². The summed E-state index contributed by atoms with van der Waals surface area (Å²) in [5.41, 5.74) is 6.26. The number of carbonyl (C=O) groups excluding carboxylic acids is 2. The molecular weight excluding hydrogens is 401 g/mol. The van der Waals surface area contributed by atoms with Crippen LogP contribution in [0.1, 0.15) is 24.1 Å². The van der Waals surface area contributed by atoms with E-state index in [0.717, 1.165) is 17.0 Å². The van der Waals surface area contributed by atoms with Crippen LogP contribution in [-0.4, -0.2) is 38.5 Å². The third kappa shape index (κ3) is 3.91. The molecule has 2 heterocycles. The maximum Gasteiger partial charge on any atom is 0.416 e. The number of anilines is 2. The van der Waals surface area contributed by atoms with Crippen LogP contribution in [0.25, 0.3) is 10.9 Å². The van der Waals surface area contributed by atoms with E-state index in [-0.39, 0.29) is 11.5 Å². The summed E-state index contributed by atoms with van der Waals surface area (Å²) >= 11 is 0. The molecule has 11 heteroatoms. The molecule has 0 radical (unpaired) electrons. The van der Waals surface area contributed by atoms with Crippen molar-refractivity contribution in [1.29, 1.82) is 0 Å². The number of fused-ring (bicyclic) bond motifs is 1. The van der Waals surface area contributed by atoms with Gasteiger partial charge < -0.3 is 16.0 Å². The average molecular weight is 420 g/mol. The van der Waals surface area contributed by atoms with Crippen LogP contribution in [0.2, 0.25) is 0 Å². The number of rotatable bonds is 3. The van der Waals surface area contributed by atoms with Gasteiger partial charge in [0.1, 0.15) is 11.3 Å². The Morgan fingerprint density at radius 1 is 1.20 bits per heavy atom. The van der Waals surface area contributed by atoms with E-state index in [1.54, 1.807) is 14.0 Å². The van der Waals surface area contributed by atoms with Gasteiger partial charge in [-0.15, -0.1) is 0 Å². The van der Waals surface area contributed by atoms with Gasteiger partial charge in [0, 0.05) is 19.5 Å². The summed E-state index contributed by atoms with van der Waals surface area (Å²) in [5.74, 6) is -1.56. The molecular formula is C19H19F3N6O2. The highest BCUT2D eigenvalue weighted by Gasteiger charge is 2.31. The monoisotopic (exact) mass is 420 g/mol. The van der Waals surface area contributed by atoms with Crippen molar-refractivity contribution in [3.05, 3.63) is 47.8 Å². The number of pyridine rings is 1. The van der Waals surface area contributed by atoms with Crippen LogP contribution < -0.4 is 11.1 Å². The lowest BCUT2D eigenvalue weighted by atomic mass is 10.0. The van der Waals surface area contributed by atoms with Gasteiger partial charge in [0.25, 0.3) is 0 Å². The van der Waals surface area contributed by atoms with Crippen molar-refractivity contribution in [2.24, 2.45) is 7.05 Å². The Bertz CT molecular complexity index is 1110. The van der Waals surface area contributed by atoms with E-state index >= 15 is 0 Å². The lowest BCUT2D eigenvalue weighted by Crippen LogP contribution is -2.38. The number of carbonyl (C=O) groups is 2. The topological polar surface area (TPSA) is 106 Å². The minimum absolute atomic E-state index is 0.224. The average Bonchev–Trinajstić information content (AvgIpc) is 3.10. The number of halogens is 3. The van der Waals surface area contributed by atoms with E-state index in [9.17, 15) is 22.8 Å². The molecule has 0 unspecified atom stereocenters. The van der Waals surface area contributed by atoms with Crippen LogP contribution in [-0.2, 0) is 22.8 Å². The molecule has 158 valence electrons. The molecule has 0 saturated carbocycles. The number of hydrogen-bond donors (Lipinski definition) is 2. The molecule has 8 nitrogen and oxygen atoms in total. The maximum absolute atomic E-state index is 12.7. The van der Waals surface area contributed by atoms with Crippen LogP contribution in [0.4, 0.5) is 24.7 Å². The second kappa shape index (κ2) is 7.65. The number of nitrogen functional groups attached to an aromatic ring is 1. The fourth-order valence-corrected chi connectivity index (χ4v) is 2.99. The second-order valence-corrected chi connectivity index (χ2v) is 6.75. The van der Waals surface area contributed by atoms with E-state index < -0.39 is 29.6 Å². The van der Waals surface area contributed by atoms with Gasteiger partial charge in [-0.3, -0.25) is 14.3 Å². The molecule has 30 heavy (non-hydrogen) atoms. The molecule has 3 aromatic rings. The molecule has 0 bridgehead atoms. The van der Waals surface area contributed by atoms with Crippen LogP contribution in [0.15, 0.2) is 36.7 Å². The Balaban J connectivity index is 1.76. The Labute approximate surface area is 169 Å². The molecule has 0 saturated heterocycles. The van der Waals surface area contributed by atoms with E-state index in [1.807, 2.05) is 0 Å². The van der Waals surface area contributed by atoms with E-state index in [4.69, 9.17) is 5.73 Å². The third-order valence-corrected chi connectivity index (χ3v) is 4.87. The Morgan fingerprint density at radius 2 is 1.83 bits per heavy atom. The van der Waals surface area contributed by atoms with Gasteiger partial charge in [0.15, 0.2) is 0 Å². The van der Waals surface area contributed by atoms with E-state index in [1.165, 1.54) is 36.3 Å². The van der Waals surface area contributed by atoms with Gasteiger partial charge in [-0.1, -0.05) is 12.1 Å². The number of nitrogens with one attached hydrogen (secondary N) is 1. The second-order valence-electron chi connectivity index (χ2n) is 6.75. The van der Waals surface area contributed by atoms with Gasteiger partial charge in [-0.05, 0) is 24.6 Å². The lowest BCUT2D eigenvalue weighted by Gasteiger charge is -2.25. The quantitative estimate of drug-likeness (QED) is 0.634. The van der Waals surface area contributed by atoms with Crippen molar-refractivity contribution >= 4 is 34.2 Å². The summed E-state index contributed by atoms with van der Waals surface area (Å²) in [7, 11) is 3.06.